The van der Waals surface area contributed by atoms with Crippen molar-refractivity contribution >= 4 is 116 Å². The van der Waals surface area contributed by atoms with E-state index in [-0.39, 0.29) is 0 Å². The first-order valence-corrected chi connectivity index (χ1v) is 41.5. The Morgan fingerprint density at radius 1 is 0.120 bits per heavy atom. The maximum absolute atomic E-state index is 5.06. The van der Waals surface area contributed by atoms with Crippen molar-refractivity contribution in [2.45, 2.75) is 0 Å². The fraction of sp³-hybridized carbons (Fsp3) is 0. The zero-order valence-corrected chi connectivity index (χ0v) is 58.6. The molecule has 0 saturated heterocycles. The maximum atomic E-state index is 5.06. The van der Waals surface area contributed by atoms with E-state index in [0.717, 1.165) is 96.8 Å². The molecule has 474 valence electrons. The van der Waals surface area contributed by atoms with Crippen LogP contribution in [0.2, 0.25) is 0 Å². The van der Waals surface area contributed by atoms with Gasteiger partial charge in [-0.15, -0.1) is 0 Å². The van der Waals surface area contributed by atoms with E-state index in [4.69, 9.17) is 44.9 Å². The Hall–Kier alpha value is -12.2. The topological polar surface area (TPSA) is 116 Å². The second kappa shape index (κ2) is 27.7. The molecule has 16 aromatic rings. The van der Waals surface area contributed by atoms with Gasteiger partial charge in [-0.05, 0) is 179 Å². The lowest BCUT2D eigenvalue weighted by Gasteiger charge is -2.35. The first-order valence-electron chi connectivity index (χ1n) is 33.5. The average Bonchev–Trinajstić information content (AvgIpc) is 0.752. The van der Waals surface area contributed by atoms with Crippen LogP contribution in [0.15, 0.2) is 395 Å². The van der Waals surface area contributed by atoms with Gasteiger partial charge < -0.3 is 0 Å². The van der Waals surface area contributed by atoms with Crippen molar-refractivity contribution in [1.29, 1.82) is 0 Å². The summed E-state index contributed by atoms with van der Waals surface area (Å²) >= 11 is 0. The Kier molecular flexibility index (Phi) is 17.3. The van der Waals surface area contributed by atoms with Crippen LogP contribution in [0.5, 0.6) is 0 Å². The van der Waals surface area contributed by atoms with Crippen molar-refractivity contribution in [1.82, 2.24) is 44.9 Å². The second-order valence-electron chi connectivity index (χ2n) is 24.8. The summed E-state index contributed by atoms with van der Waals surface area (Å²) in [6.07, 6.45) is 16.9. The summed E-state index contributed by atoms with van der Waals surface area (Å²) in [5.41, 5.74) is 6.68. The van der Waals surface area contributed by atoms with Gasteiger partial charge in [0.05, 0.1) is 0 Å². The third-order valence-corrected chi connectivity index (χ3v) is 37.5. The lowest BCUT2D eigenvalue weighted by atomic mass is 10.1. The summed E-state index contributed by atoms with van der Waals surface area (Å²) in [7, 11) is -12.3. The van der Waals surface area contributed by atoms with E-state index in [1.807, 2.05) is 110 Å². The second-order valence-corrected chi connectivity index (χ2v) is 39.4. The molecule has 0 amide bonds. The zero-order chi connectivity index (χ0) is 67.0. The molecule has 9 heterocycles. The molecule has 100 heavy (non-hydrogen) atoms. The Bertz CT molecular complexity index is 4530. The van der Waals surface area contributed by atoms with Crippen LogP contribution in [-0.4, -0.2) is 77.2 Å². The highest BCUT2D eigenvalue weighted by molar-refractivity contribution is 7.21. The van der Waals surface area contributed by atoms with Gasteiger partial charge in [0, 0.05) is 104 Å². The van der Waals surface area contributed by atoms with Crippen molar-refractivity contribution in [2.75, 3.05) is 0 Å². The minimum absolute atomic E-state index is 0.980. The first-order chi connectivity index (χ1) is 49.6. The third kappa shape index (κ3) is 11.1. The minimum atomic E-state index is -3.16. The van der Waals surface area contributed by atoms with Crippen LogP contribution in [-0.2, 0) is 0 Å². The molecule has 0 saturated carbocycles. The summed E-state index contributed by atoms with van der Waals surface area (Å²) in [6, 6.07) is 122. The van der Waals surface area contributed by atoms with Crippen molar-refractivity contribution in [2.24, 2.45) is 0 Å². The summed E-state index contributed by atoms with van der Waals surface area (Å²) < 4.78 is 0. The van der Waals surface area contributed by atoms with Gasteiger partial charge in [-0.3, -0.25) is 44.9 Å². The van der Waals surface area contributed by atoms with E-state index >= 15 is 0 Å². The van der Waals surface area contributed by atoms with Gasteiger partial charge in [-0.1, -0.05) is 231 Å². The number of hydrogen-bond donors (Lipinski definition) is 0. The Balaban J connectivity index is 0.813. The third-order valence-electron chi connectivity index (χ3n) is 19.6. The number of hydrogen-bond acceptors (Lipinski definition) is 9. The molecule has 0 aliphatic heterocycles. The molecular formula is C87H65N9Si4. The number of aromatic nitrogens is 9. The summed E-state index contributed by atoms with van der Waals surface area (Å²) in [4.78, 5) is 45.6. The molecule has 16 rings (SSSR count). The molecule has 0 atom stereocenters. The fourth-order valence-corrected chi connectivity index (χ4v) is 32.2. The van der Waals surface area contributed by atoms with Crippen LogP contribution in [0, 0.1) is 0 Å². The van der Waals surface area contributed by atoms with Crippen LogP contribution in [0.4, 0.5) is 0 Å². The van der Waals surface area contributed by atoms with Crippen LogP contribution in [0.25, 0.3) is 33.4 Å². The summed E-state index contributed by atoms with van der Waals surface area (Å²) in [5, 5.41) is 17.3. The molecule has 0 N–H and O–H groups in total. The predicted molar refractivity (Wildman–Crippen MR) is 417 cm³/mol. The van der Waals surface area contributed by atoms with Crippen LogP contribution < -0.4 is 84.2 Å². The van der Waals surface area contributed by atoms with Crippen molar-refractivity contribution in [3.8, 4) is 33.4 Å². The standard InChI is InChI=1S/C87H65N9Si4/c1-2-22-72(23-3-1)97(73-45-33-66(34-46-73)69-39-51-76(52-40-69)98(79-24-4-13-57-88-79,80-25-5-14-58-89-80)81-26-6-15-59-90-81,74-47-35-67(36-48-74)70-41-53-77(54-42-70)99(82-27-7-16-60-91-82,83-28-8-17-61-92-83)84-29-9-18-62-93-84)75-49-37-68(38-50-75)71-43-55-78(56-44-71)100(85-30-10-19-63-94-85,86-31-11-20-64-95-86)87-32-12-21-65-96-87/h1-65H. The lowest BCUT2D eigenvalue weighted by molar-refractivity contribution is 1.32. The minimum Gasteiger partial charge on any atom is -0.265 e. The van der Waals surface area contributed by atoms with Gasteiger partial charge in [0.15, 0.2) is 8.07 Å². The Morgan fingerprint density at radius 3 is 0.410 bits per heavy atom. The maximum Gasteiger partial charge on any atom is 0.243 e. The average molecular weight is 1350 g/mol. The van der Waals surface area contributed by atoms with Crippen LogP contribution in [0.3, 0.4) is 0 Å². The SMILES string of the molecule is c1ccc([Si](c2ccc(-c3ccc([Si](c4ccccn4)(c4ccccn4)c4ccccn4)cc3)cc2)(c2ccc(-c3ccc([Si](c4ccccn4)(c4ccccn4)c4ccccn4)cc3)cc2)c2ccc(-c3ccc([Si](c4ccccn4)(c4ccccn4)c4ccccn4)cc3)cc2)cc1. The zero-order valence-electron chi connectivity index (χ0n) is 54.6. The number of rotatable bonds is 19. The summed E-state index contributed by atoms with van der Waals surface area (Å²) in [5.74, 6) is 0. The molecule has 9 aromatic heterocycles. The molecule has 0 aliphatic carbocycles. The number of nitrogens with zero attached hydrogens (tertiary/aromatic N) is 9. The van der Waals surface area contributed by atoms with E-state index < -0.39 is 32.3 Å². The molecule has 0 spiro atoms. The van der Waals surface area contributed by atoms with Crippen LogP contribution >= 0.6 is 0 Å². The number of pyridine rings is 9. The van der Waals surface area contributed by atoms with Gasteiger partial charge in [0.1, 0.15) is 0 Å². The molecule has 0 fully saturated rings. The molecule has 13 heteroatoms. The largest absolute Gasteiger partial charge is 0.265 e. The molecule has 0 radical (unpaired) electrons. The van der Waals surface area contributed by atoms with Gasteiger partial charge in [-0.2, -0.15) is 0 Å². The van der Waals surface area contributed by atoms with E-state index in [1.165, 1.54) is 20.7 Å². The molecular weight excluding hydrogens is 1280 g/mol. The highest BCUT2D eigenvalue weighted by Crippen LogP contribution is 2.25. The highest BCUT2D eigenvalue weighted by atomic mass is 28.3. The van der Waals surface area contributed by atoms with Crippen LogP contribution in [0.1, 0.15) is 0 Å². The van der Waals surface area contributed by atoms with Crippen molar-refractivity contribution < 1.29 is 0 Å². The van der Waals surface area contributed by atoms with Gasteiger partial charge >= 0.3 is 0 Å². The van der Waals surface area contributed by atoms with Gasteiger partial charge in [0.25, 0.3) is 0 Å². The van der Waals surface area contributed by atoms with Crippen molar-refractivity contribution in [3.63, 3.8) is 0 Å². The molecule has 0 unspecified atom stereocenters. The molecule has 0 bridgehead atoms. The predicted octanol–water partition coefficient (Wildman–Crippen LogP) is 6.75. The first kappa shape index (κ1) is 62.6. The molecule has 7 aromatic carbocycles. The quantitative estimate of drug-likeness (QED) is 0.0641. The molecule has 9 nitrogen and oxygen atoms in total. The smallest absolute Gasteiger partial charge is 0.243 e. The monoisotopic (exact) mass is 1350 g/mol. The van der Waals surface area contributed by atoms with Gasteiger partial charge in [0.2, 0.25) is 24.2 Å². The lowest BCUT2D eigenvalue weighted by Crippen LogP contribution is -2.76. The normalized spacial score (nSPS) is 11.8. The van der Waals surface area contributed by atoms with Gasteiger partial charge in [-0.25, -0.2) is 0 Å². The van der Waals surface area contributed by atoms with E-state index in [0.29, 0.717) is 0 Å². The van der Waals surface area contributed by atoms with E-state index in [9.17, 15) is 0 Å². The fourth-order valence-electron chi connectivity index (χ4n) is 14.9. The number of benzene rings is 7. The van der Waals surface area contributed by atoms with E-state index in [2.05, 4.69) is 285 Å². The Labute approximate surface area is 586 Å². The van der Waals surface area contributed by atoms with Crippen molar-refractivity contribution in [3.05, 3.63) is 395 Å². The Morgan fingerprint density at radius 2 is 0.260 bits per heavy atom. The van der Waals surface area contributed by atoms with E-state index in [1.54, 1.807) is 0 Å². The highest BCUT2D eigenvalue weighted by Gasteiger charge is 2.49. The molecule has 0 aliphatic rings. The summed E-state index contributed by atoms with van der Waals surface area (Å²) in [6.45, 7) is 0.